The van der Waals surface area contributed by atoms with Gasteiger partial charge in [0.15, 0.2) is 0 Å². The molecule has 5 heteroatoms. The second-order valence-electron chi connectivity index (χ2n) is 3.97. The van der Waals surface area contributed by atoms with Gasteiger partial charge in [-0.1, -0.05) is 11.6 Å². The Morgan fingerprint density at radius 2 is 2.00 bits per heavy atom. The van der Waals surface area contributed by atoms with Crippen LogP contribution >= 0.6 is 23.2 Å². The van der Waals surface area contributed by atoms with E-state index in [1.807, 2.05) is 30.3 Å². The predicted molar refractivity (Wildman–Crippen MR) is 78.7 cm³/mol. The third-order valence-electron chi connectivity index (χ3n) is 2.71. The maximum Gasteiger partial charge on any atom is 0.129 e. The van der Waals surface area contributed by atoms with Crippen molar-refractivity contribution in [3.63, 3.8) is 0 Å². The molecular formula is C13H15Cl2N3. The van der Waals surface area contributed by atoms with E-state index in [2.05, 4.69) is 9.88 Å². The van der Waals surface area contributed by atoms with Crippen molar-refractivity contribution in [2.24, 2.45) is 5.73 Å². The molecule has 1 aromatic carbocycles. The number of benzene rings is 1. The molecule has 0 radical (unpaired) electrons. The van der Waals surface area contributed by atoms with Crippen molar-refractivity contribution in [1.82, 2.24) is 4.98 Å². The first kappa shape index (κ1) is 13.4. The molecule has 0 atom stereocenters. The van der Waals surface area contributed by atoms with Gasteiger partial charge in [-0.05, 0) is 30.3 Å². The van der Waals surface area contributed by atoms with E-state index >= 15 is 0 Å². The van der Waals surface area contributed by atoms with Crippen LogP contribution in [0, 0.1) is 0 Å². The quantitative estimate of drug-likeness (QED) is 0.858. The van der Waals surface area contributed by atoms with Gasteiger partial charge in [0.2, 0.25) is 0 Å². The molecule has 0 spiro atoms. The number of halogens is 2. The summed E-state index contributed by atoms with van der Waals surface area (Å²) >= 11 is 11.7. The third-order valence-corrected chi connectivity index (χ3v) is 3.12. The van der Waals surface area contributed by atoms with Crippen molar-refractivity contribution >= 4 is 39.9 Å². The van der Waals surface area contributed by atoms with Crippen LogP contribution in [0.1, 0.15) is 0 Å². The van der Waals surface area contributed by atoms with Crippen LogP contribution in [0.3, 0.4) is 0 Å². The van der Waals surface area contributed by atoms with Gasteiger partial charge >= 0.3 is 0 Å². The number of alkyl halides is 1. The van der Waals surface area contributed by atoms with E-state index in [4.69, 9.17) is 28.9 Å². The van der Waals surface area contributed by atoms with Gasteiger partial charge in [-0.15, -0.1) is 11.6 Å². The summed E-state index contributed by atoms with van der Waals surface area (Å²) in [6.07, 6.45) is 0. The van der Waals surface area contributed by atoms with Crippen LogP contribution in [-0.4, -0.2) is 30.5 Å². The van der Waals surface area contributed by atoms with Crippen LogP contribution in [0.25, 0.3) is 10.9 Å². The van der Waals surface area contributed by atoms with E-state index in [0.29, 0.717) is 12.4 Å². The molecule has 0 aliphatic heterocycles. The average Bonchev–Trinajstić information content (AvgIpc) is 2.38. The molecule has 0 saturated heterocycles. The zero-order valence-corrected chi connectivity index (χ0v) is 11.5. The molecule has 0 aliphatic rings. The van der Waals surface area contributed by atoms with Crippen molar-refractivity contribution in [3.8, 4) is 0 Å². The molecule has 3 nitrogen and oxygen atoms in total. The fourth-order valence-corrected chi connectivity index (χ4v) is 2.25. The van der Waals surface area contributed by atoms with Gasteiger partial charge in [-0.3, -0.25) is 0 Å². The summed E-state index contributed by atoms with van der Waals surface area (Å²) in [5, 5.41) is 1.75. The molecule has 2 aromatic rings. The van der Waals surface area contributed by atoms with Gasteiger partial charge in [-0.25, -0.2) is 4.98 Å². The fourth-order valence-electron chi connectivity index (χ4n) is 1.86. The van der Waals surface area contributed by atoms with Crippen LogP contribution in [0.4, 0.5) is 5.82 Å². The molecule has 0 bridgehead atoms. The van der Waals surface area contributed by atoms with Gasteiger partial charge < -0.3 is 10.6 Å². The summed E-state index contributed by atoms with van der Waals surface area (Å²) < 4.78 is 0. The largest absolute Gasteiger partial charge is 0.354 e. The SMILES string of the molecule is NCCN(CCCl)c1ccc2cc(Cl)ccc2n1. The summed E-state index contributed by atoms with van der Waals surface area (Å²) in [6.45, 7) is 2.07. The summed E-state index contributed by atoms with van der Waals surface area (Å²) in [6, 6.07) is 9.66. The zero-order valence-electron chi connectivity index (χ0n) is 9.94. The topological polar surface area (TPSA) is 42.1 Å². The van der Waals surface area contributed by atoms with Crippen LogP contribution in [0.2, 0.25) is 5.02 Å². The van der Waals surface area contributed by atoms with Gasteiger partial charge in [-0.2, -0.15) is 0 Å². The number of hydrogen-bond acceptors (Lipinski definition) is 3. The highest BCUT2D eigenvalue weighted by Gasteiger charge is 2.07. The van der Waals surface area contributed by atoms with Crippen LogP contribution in [0.15, 0.2) is 30.3 Å². The summed E-state index contributed by atoms with van der Waals surface area (Å²) in [7, 11) is 0. The summed E-state index contributed by atoms with van der Waals surface area (Å²) in [4.78, 5) is 6.69. The Hall–Kier alpha value is -1.03. The Morgan fingerprint density at radius 3 is 2.72 bits per heavy atom. The number of nitrogens with zero attached hydrogens (tertiary/aromatic N) is 2. The lowest BCUT2D eigenvalue weighted by molar-refractivity contribution is 0.807. The Morgan fingerprint density at radius 1 is 1.17 bits per heavy atom. The van der Waals surface area contributed by atoms with Gasteiger partial charge in [0.25, 0.3) is 0 Å². The Balaban J connectivity index is 2.35. The van der Waals surface area contributed by atoms with Crippen LogP contribution in [0.5, 0.6) is 0 Å². The monoisotopic (exact) mass is 283 g/mol. The normalized spacial score (nSPS) is 10.8. The van der Waals surface area contributed by atoms with E-state index in [1.165, 1.54) is 0 Å². The Bertz CT molecular complexity index is 525. The standard InChI is InChI=1S/C13H15Cl2N3/c14-5-7-18(8-6-16)13-4-1-10-9-11(15)2-3-12(10)17-13/h1-4,9H,5-8,16H2. The maximum atomic E-state index is 5.95. The number of pyridine rings is 1. The molecule has 96 valence electrons. The molecule has 1 aromatic heterocycles. The van der Waals surface area contributed by atoms with Crippen LogP contribution < -0.4 is 10.6 Å². The first-order valence-electron chi connectivity index (χ1n) is 5.82. The van der Waals surface area contributed by atoms with Crippen molar-refractivity contribution in [1.29, 1.82) is 0 Å². The molecule has 0 aliphatic carbocycles. The van der Waals surface area contributed by atoms with Gasteiger partial charge in [0.05, 0.1) is 5.52 Å². The van der Waals surface area contributed by atoms with Crippen molar-refractivity contribution in [3.05, 3.63) is 35.4 Å². The minimum absolute atomic E-state index is 0.556. The molecule has 1 heterocycles. The predicted octanol–water partition coefficient (Wildman–Crippen LogP) is 2.89. The molecule has 0 saturated carbocycles. The van der Waals surface area contributed by atoms with E-state index in [1.54, 1.807) is 0 Å². The fraction of sp³-hybridized carbons (Fsp3) is 0.308. The lowest BCUT2D eigenvalue weighted by Gasteiger charge is -2.22. The first-order valence-corrected chi connectivity index (χ1v) is 6.73. The first-order chi connectivity index (χ1) is 8.74. The van der Waals surface area contributed by atoms with E-state index in [9.17, 15) is 0 Å². The Kier molecular flexibility index (Phi) is 4.64. The number of anilines is 1. The number of nitrogens with two attached hydrogens (primary N) is 1. The highest BCUT2D eigenvalue weighted by atomic mass is 35.5. The van der Waals surface area contributed by atoms with E-state index < -0.39 is 0 Å². The molecule has 2 N–H and O–H groups in total. The third kappa shape index (κ3) is 3.05. The van der Waals surface area contributed by atoms with Crippen molar-refractivity contribution < 1.29 is 0 Å². The van der Waals surface area contributed by atoms with Crippen LogP contribution in [-0.2, 0) is 0 Å². The summed E-state index contributed by atoms with van der Waals surface area (Å²) in [5.74, 6) is 1.45. The lowest BCUT2D eigenvalue weighted by atomic mass is 10.2. The maximum absolute atomic E-state index is 5.95. The lowest BCUT2D eigenvalue weighted by Crippen LogP contribution is -2.31. The Labute approximate surface area is 116 Å². The van der Waals surface area contributed by atoms with Gasteiger partial charge in [0.1, 0.15) is 5.82 Å². The highest BCUT2D eigenvalue weighted by molar-refractivity contribution is 6.31. The minimum Gasteiger partial charge on any atom is -0.354 e. The second-order valence-corrected chi connectivity index (χ2v) is 4.79. The number of hydrogen-bond donors (Lipinski definition) is 1. The molecule has 0 fully saturated rings. The van der Waals surface area contributed by atoms with Crippen molar-refractivity contribution in [2.45, 2.75) is 0 Å². The van der Waals surface area contributed by atoms with Crippen molar-refractivity contribution in [2.75, 3.05) is 30.4 Å². The average molecular weight is 284 g/mol. The number of fused-ring (bicyclic) bond motifs is 1. The van der Waals surface area contributed by atoms with E-state index in [0.717, 1.165) is 34.8 Å². The summed E-state index contributed by atoms with van der Waals surface area (Å²) in [5.41, 5.74) is 6.52. The molecule has 0 amide bonds. The molecule has 18 heavy (non-hydrogen) atoms. The zero-order chi connectivity index (χ0) is 13.0. The molecule has 0 unspecified atom stereocenters. The number of aromatic nitrogens is 1. The second kappa shape index (κ2) is 6.23. The van der Waals surface area contributed by atoms with E-state index in [-0.39, 0.29) is 0 Å². The molecular weight excluding hydrogens is 269 g/mol. The van der Waals surface area contributed by atoms with Gasteiger partial charge in [0, 0.05) is 35.9 Å². The smallest absolute Gasteiger partial charge is 0.129 e. The molecule has 2 rings (SSSR count). The highest BCUT2D eigenvalue weighted by Crippen LogP contribution is 2.21. The minimum atomic E-state index is 0.556. The number of rotatable bonds is 5.